The van der Waals surface area contributed by atoms with Crippen molar-refractivity contribution in [2.24, 2.45) is 0 Å². The number of para-hydroxylation sites is 3. The molecule has 47 heavy (non-hydrogen) atoms. The Labute approximate surface area is 271 Å². The molecule has 0 spiro atoms. The van der Waals surface area contributed by atoms with Crippen LogP contribution in [-0.4, -0.2) is 0 Å². The number of nitrogens with zero attached hydrogens (tertiary/aromatic N) is 1. The van der Waals surface area contributed by atoms with Crippen LogP contribution in [0.1, 0.15) is 11.7 Å². The molecule has 9 aromatic rings. The van der Waals surface area contributed by atoms with Gasteiger partial charge in [-0.2, -0.15) is 0 Å². The number of fused-ring (bicyclic) bond motifs is 8. The minimum absolute atomic E-state index is 0.0426. The number of hydrogen-bond acceptors (Lipinski definition) is 4. The van der Waals surface area contributed by atoms with Crippen molar-refractivity contribution in [1.82, 2.24) is 0 Å². The van der Waals surface area contributed by atoms with E-state index in [1.165, 1.54) is 16.7 Å². The van der Waals surface area contributed by atoms with Gasteiger partial charge in [-0.05, 0) is 82.4 Å². The summed E-state index contributed by atoms with van der Waals surface area (Å²) >= 11 is 0. The van der Waals surface area contributed by atoms with Crippen molar-refractivity contribution < 1.29 is 8.83 Å². The van der Waals surface area contributed by atoms with Crippen molar-refractivity contribution in [2.75, 3.05) is 10.2 Å². The molecule has 1 atom stereocenters. The summed E-state index contributed by atoms with van der Waals surface area (Å²) in [6.45, 7) is 0. The third kappa shape index (κ3) is 4.08. The fourth-order valence-electron chi connectivity index (χ4n) is 7.20. The Morgan fingerprint density at radius 2 is 1.09 bits per heavy atom. The van der Waals surface area contributed by atoms with Crippen LogP contribution < -0.4 is 10.2 Å². The van der Waals surface area contributed by atoms with E-state index in [0.29, 0.717) is 0 Å². The molecule has 10 rings (SSSR count). The van der Waals surface area contributed by atoms with Crippen molar-refractivity contribution in [3.63, 3.8) is 0 Å². The Balaban J connectivity index is 1.05. The van der Waals surface area contributed by atoms with Gasteiger partial charge in [0.2, 0.25) is 0 Å². The predicted octanol–water partition coefficient (Wildman–Crippen LogP) is 12.1. The maximum absolute atomic E-state index is 6.42. The van der Waals surface area contributed by atoms with Gasteiger partial charge < -0.3 is 19.1 Å². The van der Waals surface area contributed by atoms with Crippen molar-refractivity contribution >= 4 is 60.9 Å². The van der Waals surface area contributed by atoms with E-state index in [2.05, 4.69) is 150 Å². The SMILES string of the molecule is c1ccc(-c2ccc(C3Nc4ccccc4N3c3cccc(-c4ccc5oc6c(ccc7c8ccccc8oc76)c5c4)c3)cc2)cc1. The number of rotatable bonds is 4. The van der Waals surface area contributed by atoms with E-state index in [1.54, 1.807) is 0 Å². The lowest BCUT2D eigenvalue weighted by Gasteiger charge is -2.28. The first-order valence-electron chi connectivity index (χ1n) is 16.0. The molecule has 3 heterocycles. The molecule has 222 valence electrons. The van der Waals surface area contributed by atoms with Gasteiger partial charge in [0.25, 0.3) is 0 Å². The summed E-state index contributed by atoms with van der Waals surface area (Å²) in [5.74, 6) is 0. The number of benzene rings is 7. The first kappa shape index (κ1) is 26.0. The second-order valence-corrected chi connectivity index (χ2v) is 12.2. The monoisotopic (exact) mass is 604 g/mol. The molecule has 0 bridgehead atoms. The highest BCUT2D eigenvalue weighted by Gasteiger charge is 2.31. The molecule has 0 aliphatic carbocycles. The summed E-state index contributed by atoms with van der Waals surface area (Å²) < 4.78 is 12.7. The van der Waals surface area contributed by atoms with Crippen LogP contribution in [0.5, 0.6) is 0 Å². The number of anilines is 3. The van der Waals surface area contributed by atoms with Crippen LogP contribution in [0.4, 0.5) is 17.1 Å². The first-order valence-corrected chi connectivity index (χ1v) is 16.0. The van der Waals surface area contributed by atoms with Crippen LogP contribution in [0.25, 0.3) is 66.1 Å². The molecule has 1 N–H and O–H groups in total. The van der Waals surface area contributed by atoms with Gasteiger partial charge in [0, 0.05) is 27.2 Å². The third-order valence-electron chi connectivity index (χ3n) is 9.49. The summed E-state index contributed by atoms with van der Waals surface area (Å²) in [5.41, 5.74) is 12.6. The predicted molar refractivity (Wildman–Crippen MR) is 193 cm³/mol. The largest absolute Gasteiger partial charge is 0.452 e. The first-order chi connectivity index (χ1) is 23.3. The van der Waals surface area contributed by atoms with E-state index in [1.807, 2.05) is 18.2 Å². The summed E-state index contributed by atoms with van der Waals surface area (Å²) in [6.07, 6.45) is -0.0426. The topological polar surface area (TPSA) is 41.5 Å². The lowest BCUT2D eigenvalue weighted by atomic mass is 10.0. The normalized spacial score (nSPS) is 14.3. The molecule has 7 aromatic carbocycles. The molecule has 4 nitrogen and oxygen atoms in total. The Morgan fingerprint density at radius 1 is 0.447 bits per heavy atom. The quantitative estimate of drug-likeness (QED) is 0.217. The second kappa shape index (κ2) is 10.1. The molecular formula is C43H28N2O2. The minimum Gasteiger partial charge on any atom is -0.452 e. The van der Waals surface area contributed by atoms with Crippen molar-refractivity contribution in [3.05, 3.63) is 163 Å². The average molecular weight is 605 g/mol. The second-order valence-electron chi connectivity index (χ2n) is 12.2. The van der Waals surface area contributed by atoms with Crippen LogP contribution in [0.2, 0.25) is 0 Å². The number of furan rings is 2. The molecule has 0 saturated carbocycles. The molecule has 1 aliphatic rings. The van der Waals surface area contributed by atoms with Crippen molar-refractivity contribution in [3.8, 4) is 22.3 Å². The number of hydrogen-bond donors (Lipinski definition) is 1. The molecule has 4 heteroatoms. The van der Waals surface area contributed by atoms with E-state index in [4.69, 9.17) is 8.83 Å². The van der Waals surface area contributed by atoms with Crippen LogP contribution >= 0.6 is 0 Å². The van der Waals surface area contributed by atoms with Crippen molar-refractivity contribution in [2.45, 2.75) is 6.17 Å². The summed E-state index contributed by atoms with van der Waals surface area (Å²) in [5, 5.41) is 8.10. The lowest BCUT2D eigenvalue weighted by molar-refractivity contribution is 0.633. The fourth-order valence-corrected chi connectivity index (χ4v) is 7.20. The molecule has 0 fully saturated rings. The van der Waals surface area contributed by atoms with E-state index in [0.717, 1.165) is 72.1 Å². The maximum Gasteiger partial charge on any atom is 0.178 e. The smallest absolute Gasteiger partial charge is 0.178 e. The van der Waals surface area contributed by atoms with Gasteiger partial charge in [0.05, 0.1) is 11.4 Å². The van der Waals surface area contributed by atoms with Gasteiger partial charge in [-0.25, -0.2) is 0 Å². The molecule has 0 saturated heterocycles. The highest BCUT2D eigenvalue weighted by Crippen LogP contribution is 2.47. The molecule has 2 aromatic heterocycles. The number of nitrogens with one attached hydrogen (secondary N) is 1. The molecule has 0 amide bonds. The minimum atomic E-state index is -0.0426. The molecule has 0 radical (unpaired) electrons. The van der Waals surface area contributed by atoms with Crippen LogP contribution in [0, 0.1) is 0 Å². The van der Waals surface area contributed by atoms with Gasteiger partial charge >= 0.3 is 0 Å². The maximum atomic E-state index is 6.42. The van der Waals surface area contributed by atoms with E-state index < -0.39 is 0 Å². The third-order valence-corrected chi connectivity index (χ3v) is 9.49. The molecule has 1 aliphatic heterocycles. The summed E-state index contributed by atoms with van der Waals surface area (Å²) in [6, 6.07) is 55.7. The van der Waals surface area contributed by atoms with E-state index >= 15 is 0 Å². The zero-order valence-electron chi connectivity index (χ0n) is 25.4. The fraction of sp³-hybridized carbons (Fsp3) is 0.0233. The zero-order valence-corrected chi connectivity index (χ0v) is 25.4. The van der Waals surface area contributed by atoms with Gasteiger partial charge in [0.15, 0.2) is 11.2 Å². The van der Waals surface area contributed by atoms with Crippen LogP contribution in [-0.2, 0) is 0 Å². The summed E-state index contributed by atoms with van der Waals surface area (Å²) in [7, 11) is 0. The standard InChI is InChI=1S/C43H28N2O2/c1-2-9-27(10-3-1)28-17-19-29(20-18-28)43-44-37-14-5-6-15-38(37)45(43)32-12-8-11-30(25-32)31-21-24-40-36(26-31)35-23-22-34-33-13-4-7-16-39(33)46-41(34)42(35)47-40/h1-26,43-44H. The lowest BCUT2D eigenvalue weighted by Crippen LogP contribution is -2.23. The van der Waals surface area contributed by atoms with E-state index in [9.17, 15) is 0 Å². The molecular weight excluding hydrogens is 576 g/mol. The van der Waals surface area contributed by atoms with Gasteiger partial charge in [-0.1, -0.05) is 103 Å². The Bertz CT molecular complexity index is 2610. The van der Waals surface area contributed by atoms with Gasteiger partial charge in [0.1, 0.15) is 17.3 Å². The summed E-state index contributed by atoms with van der Waals surface area (Å²) in [4.78, 5) is 2.40. The average Bonchev–Trinajstić information content (AvgIpc) is 3.83. The molecule has 1 unspecified atom stereocenters. The Hall–Kier alpha value is -6.26. The van der Waals surface area contributed by atoms with Crippen LogP contribution in [0.15, 0.2) is 167 Å². The van der Waals surface area contributed by atoms with E-state index in [-0.39, 0.29) is 6.17 Å². The highest BCUT2D eigenvalue weighted by atomic mass is 16.4. The van der Waals surface area contributed by atoms with Gasteiger partial charge in [-0.3, -0.25) is 0 Å². The Kier molecular flexibility index (Phi) is 5.60. The zero-order chi connectivity index (χ0) is 30.9. The van der Waals surface area contributed by atoms with Gasteiger partial charge in [-0.15, -0.1) is 0 Å². The highest BCUT2D eigenvalue weighted by molar-refractivity contribution is 6.19. The Morgan fingerprint density at radius 3 is 1.94 bits per heavy atom. The van der Waals surface area contributed by atoms with Crippen molar-refractivity contribution in [1.29, 1.82) is 0 Å². The van der Waals surface area contributed by atoms with Crippen LogP contribution in [0.3, 0.4) is 0 Å².